The standard InChI is InChI=1S/C20H26N2O5S2/c1-14(16-6-5-7-17(12-16)27-13-15-9-10-15)22-29(25,26)11-4-2-3-8-18-19(23)21-20(24)28-18/h2-3,5-7,12,14-15,18,22H,4,8-11,13H2,1H3,(H,21,23,24)/b3-2+/t14-,18?/m1/s1. The minimum Gasteiger partial charge on any atom is -0.493 e. The Morgan fingerprint density at radius 3 is 2.79 bits per heavy atom. The van der Waals surface area contributed by atoms with Gasteiger partial charge < -0.3 is 4.74 Å². The Kier molecular flexibility index (Phi) is 7.37. The van der Waals surface area contributed by atoms with Gasteiger partial charge in [-0.05, 0) is 56.2 Å². The number of hydrogen-bond acceptors (Lipinski definition) is 6. The molecule has 1 aliphatic heterocycles. The molecule has 1 heterocycles. The fourth-order valence-corrected chi connectivity index (χ4v) is 4.91. The highest BCUT2D eigenvalue weighted by atomic mass is 32.2. The SMILES string of the molecule is C[C@@H](NS(=O)(=O)CC/C=C/CC1SC(=O)NC1=O)c1cccc(OCC2CC2)c1. The summed E-state index contributed by atoms with van der Waals surface area (Å²) in [6.45, 7) is 2.52. The molecule has 2 atom stereocenters. The second-order valence-electron chi connectivity index (χ2n) is 7.36. The van der Waals surface area contributed by atoms with Crippen molar-refractivity contribution in [2.24, 2.45) is 5.92 Å². The van der Waals surface area contributed by atoms with Crippen LogP contribution in [0.15, 0.2) is 36.4 Å². The topological polar surface area (TPSA) is 102 Å². The molecule has 7 nitrogen and oxygen atoms in total. The van der Waals surface area contributed by atoms with E-state index in [1.807, 2.05) is 24.3 Å². The predicted molar refractivity (Wildman–Crippen MR) is 113 cm³/mol. The lowest BCUT2D eigenvalue weighted by Crippen LogP contribution is -2.29. The fourth-order valence-electron chi connectivity index (χ4n) is 2.88. The smallest absolute Gasteiger partial charge is 0.286 e. The van der Waals surface area contributed by atoms with Gasteiger partial charge in [-0.15, -0.1) is 0 Å². The number of amides is 2. The van der Waals surface area contributed by atoms with Crippen molar-refractivity contribution in [2.45, 2.75) is 43.9 Å². The summed E-state index contributed by atoms with van der Waals surface area (Å²) in [4.78, 5) is 22.6. The summed E-state index contributed by atoms with van der Waals surface area (Å²) in [5.74, 6) is 1.07. The van der Waals surface area contributed by atoms with E-state index in [1.54, 1.807) is 19.1 Å². The maximum atomic E-state index is 12.3. The minimum atomic E-state index is -3.46. The molecule has 2 fully saturated rings. The van der Waals surface area contributed by atoms with Gasteiger partial charge >= 0.3 is 0 Å². The molecule has 1 aromatic carbocycles. The van der Waals surface area contributed by atoms with Gasteiger partial charge in [0.05, 0.1) is 17.6 Å². The summed E-state index contributed by atoms with van der Waals surface area (Å²) in [5, 5.41) is 1.46. The molecular weight excluding hydrogens is 412 g/mol. The molecule has 0 aromatic heterocycles. The summed E-state index contributed by atoms with van der Waals surface area (Å²) in [6, 6.07) is 7.14. The average molecular weight is 439 g/mol. The summed E-state index contributed by atoms with van der Waals surface area (Å²) < 4.78 is 33.1. The van der Waals surface area contributed by atoms with Gasteiger partial charge in [-0.1, -0.05) is 36.0 Å². The minimum absolute atomic E-state index is 0.0470. The molecule has 3 rings (SSSR count). The number of carbonyl (C=O) groups excluding carboxylic acids is 2. The van der Waals surface area contributed by atoms with Crippen molar-refractivity contribution in [3.8, 4) is 5.75 Å². The third-order valence-corrected chi connectivity index (χ3v) is 7.23. The van der Waals surface area contributed by atoms with Crippen LogP contribution < -0.4 is 14.8 Å². The molecule has 2 amide bonds. The quantitative estimate of drug-likeness (QED) is 0.515. The maximum Gasteiger partial charge on any atom is 0.286 e. The molecule has 9 heteroatoms. The molecule has 0 radical (unpaired) electrons. The van der Waals surface area contributed by atoms with Crippen LogP contribution >= 0.6 is 11.8 Å². The summed E-state index contributed by atoms with van der Waals surface area (Å²) in [7, 11) is -3.46. The summed E-state index contributed by atoms with van der Waals surface area (Å²) >= 11 is 0.961. The molecule has 1 saturated heterocycles. The number of thioether (sulfide) groups is 1. The number of imide groups is 1. The first-order chi connectivity index (χ1) is 13.8. The number of hydrogen-bond donors (Lipinski definition) is 2. The first-order valence-corrected chi connectivity index (χ1v) is 12.2. The van der Waals surface area contributed by atoms with E-state index in [9.17, 15) is 18.0 Å². The number of benzene rings is 1. The van der Waals surface area contributed by atoms with Crippen molar-refractivity contribution in [1.82, 2.24) is 10.0 Å². The van der Waals surface area contributed by atoms with E-state index in [0.717, 1.165) is 23.1 Å². The maximum absolute atomic E-state index is 12.3. The van der Waals surface area contributed by atoms with Crippen LogP contribution in [0.3, 0.4) is 0 Å². The summed E-state index contributed by atoms with van der Waals surface area (Å²) in [6.07, 6.45) is 6.64. The zero-order valence-corrected chi connectivity index (χ0v) is 17.9. The van der Waals surface area contributed by atoms with E-state index in [0.29, 0.717) is 25.4 Å². The van der Waals surface area contributed by atoms with Gasteiger partial charge in [-0.2, -0.15) is 0 Å². The van der Waals surface area contributed by atoms with Gasteiger partial charge in [0, 0.05) is 6.04 Å². The number of carbonyl (C=O) groups is 2. The van der Waals surface area contributed by atoms with E-state index in [1.165, 1.54) is 12.8 Å². The Labute approximate surface area is 175 Å². The molecule has 2 aliphatic rings. The fraction of sp³-hybridized carbons (Fsp3) is 0.500. The molecule has 1 aliphatic carbocycles. The van der Waals surface area contributed by atoms with Gasteiger partial charge in [0.2, 0.25) is 15.9 Å². The Morgan fingerprint density at radius 1 is 1.31 bits per heavy atom. The Hall–Kier alpha value is -1.84. The van der Waals surface area contributed by atoms with Crippen LogP contribution in [0, 0.1) is 5.92 Å². The number of sulfonamides is 1. The zero-order valence-electron chi connectivity index (χ0n) is 16.3. The predicted octanol–water partition coefficient (Wildman–Crippen LogP) is 3.14. The van der Waals surface area contributed by atoms with Crippen LogP contribution in [0.1, 0.15) is 44.2 Å². The second-order valence-corrected chi connectivity index (χ2v) is 10.4. The molecule has 1 aromatic rings. The van der Waals surface area contributed by atoms with Crippen LogP contribution in [-0.2, 0) is 14.8 Å². The third-order valence-electron chi connectivity index (χ3n) is 4.73. The van der Waals surface area contributed by atoms with Crippen molar-refractivity contribution in [3.05, 3.63) is 42.0 Å². The first-order valence-electron chi connectivity index (χ1n) is 9.71. The molecular formula is C20H26N2O5S2. The normalized spacial score (nSPS) is 20.8. The highest BCUT2D eigenvalue weighted by Crippen LogP contribution is 2.30. The molecule has 1 unspecified atom stereocenters. The van der Waals surface area contributed by atoms with Crippen molar-refractivity contribution in [3.63, 3.8) is 0 Å². The van der Waals surface area contributed by atoms with Crippen molar-refractivity contribution < 1.29 is 22.7 Å². The number of ether oxygens (including phenoxy) is 1. The van der Waals surface area contributed by atoms with Crippen molar-refractivity contribution in [2.75, 3.05) is 12.4 Å². The van der Waals surface area contributed by atoms with Gasteiger partial charge in [-0.25, -0.2) is 13.1 Å². The Balaban J connectivity index is 1.43. The van der Waals surface area contributed by atoms with Crippen LogP contribution in [0.4, 0.5) is 4.79 Å². The van der Waals surface area contributed by atoms with E-state index in [4.69, 9.17) is 4.74 Å². The number of allylic oxidation sites excluding steroid dienone is 2. The molecule has 0 bridgehead atoms. The van der Waals surface area contributed by atoms with Gasteiger partial charge in [0.25, 0.3) is 5.24 Å². The lowest BCUT2D eigenvalue weighted by molar-refractivity contribution is -0.118. The monoisotopic (exact) mass is 438 g/mol. The van der Waals surface area contributed by atoms with Gasteiger partial charge in [0.15, 0.2) is 0 Å². The zero-order chi connectivity index (χ0) is 20.9. The molecule has 0 spiro atoms. The van der Waals surface area contributed by atoms with Gasteiger partial charge in [-0.3, -0.25) is 14.9 Å². The van der Waals surface area contributed by atoms with E-state index in [2.05, 4.69) is 10.0 Å². The van der Waals surface area contributed by atoms with Crippen LogP contribution in [-0.4, -0.2) is 37.2 Å². The number of nitrogens with one attached hydrogen (secondary N) is 2. The van der Waals surface area contributed by atoms with Crippen molar-refractivity contribution in [1.29, 1.82) is 0 Å². The Bertz CT molecular complexity index is 881. The largest absolute Gasteiger partial charge is 0.493 e. The molecule has 158 valence electrons. The van der Waals surface area contributed by atoms with Crippen LogP contribution in [0.5, 0.6) is 5.75 Å². The third kappa shape index (κ3) is 7.17. The first kappa shape index (κ1) is 21.9. The molecule has 2 N–H and O–H groups in total. The Morgan fingerprint density at radius 2 is 2.10 bits per heavy atom. The number of rotatable bonds is 11. The van der Waals surface area contributed by atoms with Gasteiger partial charge in [0.1, 0.15) is 5.75 Å². The molecule has 1 saturated carbocycles. The highest BCUT2D eigenvalue weighted by Gasteiger charge is 2.30. The van der Waals surface area contributed by atoms with Crippen LogP contribution in [0.25, 0.3) is 0 Å². The molecule has 29 heavy (non-hydrogen) atoms. The lowest BCUT2D eigenvalue weighted by Gasteiger charge is -2.15. The van der Waals surface area contributed by atoms with E-state index < -0.39 is 15.3 Å². The van der Waals surface area contributed by atoms with Crippen molar-refractivity contribution >= 4 is 32.9 Å². The van der Waals surface area contributed by atoms with Crippen LogP contribution in [0.2, 0.25) is 0 Å². The van der Waals surface area contributed by atoms with E-state index in [-0.39, 0.29) is 22.9 Å². The van der Waals surface area contributed by atoms with E-state index >= 15 is 0 Å². The average Bonchev–Trinajstić information content (AvgIpc) is 3.44. The summed E-state index contributed by atoms with van der Waals surface area (Å²) in [5.41, 5.74) is 0.853. The highest BCUT2D eigenvalue weighted by molar-refractivity contribution is 8.15. The lowest BCUT2D eigenvalue weighted by atomic mass is 10.1. The second kappa shape index (κ2) is 9.77.